The first-order valence-corrected chi connectivity index (χ1v) is 9.04. The Morgan fingerprint density at radius 1 is 1.07 bits per heavy atom. The molecule has 4 aromatic rings. The number of nitrogens with zero attached hydrogens (tertiary/aromatic N) is 3. The summed E-state index contributed by atoms with van der Waals surface area (Å²) in [6.07, 6.45) is 2.45. The molecule has 0 saturated heterocycles. The minimum absolute atomic E-state index is 0.0626. The summed E-state index contributed by atoms with van der Waals surface area (Å²) in [6.45, 7) is 4.05. The highest BCUT2D eigenvalue weighted by Crippen LogP contribution is 2.29. The second-order valence-electron chi connectivity index (χ2n) is 6.66. The van der Waals surface area contributed by atoms with Gasteiger partial charge in [-0.25, -0.2) is 9.37 Å². The summed E-state index contributed by atoms with van der Waals surface area (Å²) in [5.74, 6) is -0.302. The molecule has 5 heteroatoms. The van der Waals surface area contributed by atoms with E-state index in [0.717, 1.165) is 23.4 Å². The average Bonchev–Trinajstić information content (AvgIpc) is 3.09. The number of benzene rings is 2. The van der Waals surface area contributed by atoms with Gasteiger partial charge in [0.05, 0.1) is 11.1 Å². The van der Waals surface area contributed by atoms with Gasteiger partial charge in [-0.15, -0.1) is 0 Å². The molecule has 136 valence electrons. The highest BCUT2D eigenvalue weighted by Gasteiger charge is 2.18. The summed E-state index contributed by atoms with van der Waals surface area (Å²) < 4.78 is 17.0. The first kappa shape index (κ1) is 17.2. The van der Waals surface area contributed by atoms with Crippen LogP contribution in [0.2, 0.25) is 0 Å². The van der Waals surface area contributed by atoms with Crippen molar-refractivity contribution < 1.29 is 4.39 Å². The number of rotatable bonds is 4. The van der Waals surface area contributed by atoms with Crippen LogP contribution in [0.15, 0.2) is 71.8 Å². The summed E-state index contributed by atoms with van der Waals surface area (Å²) in [5, 5.41) is 0.556. The Kier molecular flexibility index (Phi) is 4.36. The highest BCUT2D eigenvalue weighted by molar-refractivity contribution is 5.85. The van der Waals surface area contributed by atoms with Gasteiger partial charge >= 0.3 is 0 Å². The number of hydrogen-bond acceptors (Lipinski definition) is 2. The normalized spacial score (nSPS) is 12.4. The predicted octanol–water partition coefficient (Wildman–Crippen LogP) is 4.96. The summed E-state index contributed by atoms with van der Waals surface area (Å²) in [6, 6.07) is 18.0. The maximum atomic E-state index is 13.4. The fourth-order valence-electron chi connectivity index (χ4n) is 3.28. The molecule has 0 amide bonds. The molecule has 0 saturated carbocycles. The minimum Gasteiger partial charge on any atom is -0.296 e. The van der Waals surface area contributed by atoms with Gasteiger partial charge in [-0.1, -0.05) is 37.3 Å². The predicted molar refractivity (Wildman–Crippen MR) is 106 cm³/mol. The van der Waals surface area contributed by atoms with Crippen molar-refractivity contribution in [2.75, 3.05) is 0 Å². The smallest absolute Gasteiger partial charge is 0.263 e. The molecule has 2 aromatic heterocycles. The van der Waals surface area contributed by atoms with Crippen molar-refractivity contribution >= 4 is 11.0 Å². The second kappa shape index (κ2) is 6.83. The van der Waals surface area contributed by atoms with Crippen molar-refractivity contribution in [1.29, 1.82) is 0 Å². The van der Waals surface area contributed by atoms with Crippen LogP contribution in [-0.2, 0) is 0 Å². The fourth-order valence-corrected chi connectivity index (χ4v) is 3.28. The number of aromatic nitrogens is 3. The van der Waals surface area contributed by atoms with Gasteiger partial charge in [0.2, 0.25) is 0 Å². The van der Waals surface area contributed by atoms with E-state index in [9.17, 15) is 9.18 Å². The molecule has 1 atom stereocenters. The molecule has 0 bridgehead atoms. The van der Waals surface area contributed by atoms with Gasteiger partial charge in [0, 0.05) is 11.7 Å². The Labute approximate surface area is 156 Å². The van der Waals surface area contributed by atoms with Crippen LogP contribution in [0.4, 0.5) is 4.39 Å². The van der Waals surface area contributed by atoms with E-state index in [1.165, 1.54) is 12.1 Å². The van der Waals surface area contributed by atoms with Crippen molar-refractivity contribution in [3.05, 3.63) is 83.2 Å². The lowest BCUT2D eigenvalue weighted by atomic mass is 10.1. The topological polar surface area (TPSA) is 39.8 Å². The summed E-state index contributed by atoms with van der Waals surface area (Å²) in [7, 11) is 0. The van der Waals surface area contributed by atoms with Crippen LogP contribution < -0.4 is 5.56 Å². The minimum atomic E-state index is -0.302. The Bertz CT molecular complexity index is 1140. The maximum absolute atomic E-state index is 13.4. The Morgan fingerprint density at radius 3 is 2.44 bits per heavy atom. The second-order valence-corrected chi connectivity index (χ2v) is 6.66. The van der Waals surface area contributed by atoms with Crippen LogP contribution in [0.5, 0.6) is 0 Å². The maximum Gasteiger partial charge on any atom is 0.263 e. The molecule has 2 heterocycles. The summed E-state index contributed by atoms with van der Waals surface area (Å²) in [5.41, 5.74) is 3.09. The van der Waals surface area contributed by atoms with Crippen LogP contribution in [0.25, 0.3) is 28.0 Å². The molecular weight excluding hydrogens is 341 g/mol. The van der Waals surface area contributed by atoms with Gasteiger partial charge < -0.3 is 0 Å². The van der Waals surface area contributed by atoms with E-state index in [2.05, 4.69) is 4.98 Å². The first-order valence-electron chi connectivity index (χ1n) is 9.04. The average molecular weight is 361 g/mol. The zero-order valence-electron chi connectivity index (χ0n) is 15.3. The molecule has 0 spiro atoms. The van der Waals surface area contributed by atoms with E-state index in [4.69, 9.17) is 0 Å². The van der Waals surface area contributed by atoms with Crippen LogP contribution in [-0.4, -0.2) is 14.1 Å². The van der Waals surface area contributed by atoms with Crippen LogP contribution >= 0.6 is 0 Å². The zero-order chi connectivity index (χ0) is 19.0. The van der Waals surface area contributed by atoms with Crippen LogP contribution in [0.3, 0.4) is 0 Å². The Balaban J connectivity index is 2.05. The van der Waals surface area contributed by atoms with Crippen molar-refractivity contribution in [1.82, 2.24) is 14.1 Å². The lowest BCUT2D eigenvalue weighted by molar-refractivity contribution is 0.510. The Morgan fingerprint density at radius 2 is 1.78 bits per heavy atom. The van der Waals surface area contributed by atoms with Crippen LogP contribution in [0.1, 0.15) is 26.3 Å². The lowest BCUT2D eigenvalue weighted by Crippen LogP contribution is -2.23. The van der Waals surface area contributed by atoms with Gasteiger partial charge in [-0.3, -0.25) is 13.9 Å². The molecule has 4 rings (SSSR count). The van der Waals surface area contributed by atoms with E-state index in [0.29, 0.717) is 11.0 Å². The molecule has 1 unspecified atom stereocenters. The molecule has 0 aliphatic rings. The standard InChI is InChI=1S/C22H20FN3O/c1-3-15(2)25-14-24-21-19(22(25)27)13-20(16-7-5-4-6-8-16)26(21)18-11-9-17(23)10-12-18/h4-15H,3H2,1-2H3. The van der Waals surface area contributed by atoms with E-state index >= 15 is 0 Å². The molecule has 27 heavy (non-hydrogen) atoms. The number of halogens is 1. The van der Waals surface area contributed by atoms with Crippen molar-refractivity contribution in [2.45, 2.75) is 26.3 Å². The third kappa shape index (κ3) is 2.95. The number of fused-ring (bicyclic) bond motifs is 1. The third-order valence-corrected chi connectivity index (χ3v) is 4.96. The lowest BCUT2D eigenvalue weighted by Gasteiger charge is -2.13. The molecular formula is C22H20FN3O. The molecule has 0 aliphatic heterocycles. The molecule has 2 aromatic carbocycles. The zero-order valence-corrected chi connectivity index (χ0v) is 15.3. The van der Waals surface area contributed by atoms with Gasteiger partial charge in [0.15, 0.2) is 5.65 Å². The number of hydrogen-bond donors (Lipinski definition) is 0. The van der Waals surface area contributed by atoms with Crippen molar-refractivity contribution in [3.63, 3.8) is 0 Å². The van der Waals surface area contributed by atoms with E-state index in [-0.39, 0.29) is 17.4 Å². The monoisotopic (exact) mass is 361 g/mol. The van der Waals surface area contributed by atoms with Crippen LogP contribution in [0, 0.1) is 5.82 Å². The highest BCUT2D eigenvalue weighted by atomic mass is 19.1. The van der Waals surface area contributed by atoms with Gasteiger partial charge in [0.25, 0.3) is 5.56 Å². The van der Waals surface area contributed by atoms with Gasteiger partial charge in [-0.05, 0) is 49.2 Å². The van der Waals surface area contributed by atoms with Crippen molar-refractivity contribution in [3.8, 4) is 16.9 Å². The van der Waals surface area contributed by atoms with E-state index < -0.39 is 0 Å². The summed E-state index contributed by atoms with van der Waals surface area (Å²) >= 11 is 0. The van der Waals surface area contributed by atoms with Gasteiger partial charge in [0.1, 0.15) is 12.1 Å². The molecule has 0 fully saturated rings. The fraction of sp³-hybridized carbons (Fsp3) is 0.182. The molecule has 4 nitrogen and oxygen atoms in total. The Hall–Kier alpha value is -3.21. The summed E-state index contributed by atoms with van der Waals surface area (Å²) in [4.78, 5) is 17.6. The van der Waals surface area contributed by atoms with E-state index in [1.54, 1.807) is 23.0 Å². The molecule has 0 radical (unpaired) electrons. The van der Waals surface area contributed by atoms with E-state index in [1.807, 2.05) is 54.8 Å². The largest absolute Gasteiger partial charge is 0.296 e. The SMILES string of the molecule is CCC(C)n1cnc2c(cc(-c3ccccc3)n2-c2ccc(F)cc2)c1=O. The quantitative estimate of drug-likeness (QED) is 0.515. The molecule has 0 aliphatic carbocycles. The molecule has 0 N–H and O–H groups in total. The van der Waals surface area contributed by atoms with Gasteiger partial charge in [-0.2, -0.15) is 0 Å². The van der Waals surface area contributed by atoms with Crippen molar-refractivity contribution in [2.24, 2.45) is 0 Å². The first-order chi connectivity index (χ1) is 13.1. The third-order valence-electron chi connectivity index (χ3n) is 4.96.